The van der Waals surface area contributed by atoms with E-state index in [0.29, 0.717) is 0 Å². The molecule has 0 spiro atoms. The summed E-state index contributed by atoms with van der Waals surface area (Å²) in [6.07, 6.45) is 3.76. The molecule has 2 nitrogen and oxygen atoms in total. The predicted molar refractivity (Wildman–Crippen MR) is 77.6 cm³/mol. The van der Waals surface area contributed by atoms with Gasteiger partial charge >= 0.3 is 0 Å². The first-order valence-electron chi connectivity index (χ1n) is 6.28. The van der Waals surface area contributed by atoms with Crippen LogP contribution in [0.1, 0.15) is 5.82 Å². The van der Waals surface area contributed by atoms with Crippen LogP contribution >= 0.6 is 0 Å². The van der Waals surface area contributed by atoms with Crippen LogP contribution in [-0.2, 0) is 0 Å². The lowest BCUT2D eigenvalue weighted by atomic mass is 9.96. The van der Waals surface area contributed by atoms with Gasteiger partial charge in [-0.2, -0.15) is 0 Å². The summed E-state index contributed by atoms with van der Waals surface area (Å²) in [4.78, 5) is 8.56. The second kappa shape index (κ2) is 5.02. The molecule has 1 aromatic heterocycles. The average molecular weight is 246 g/mol. The van der Waals surface area contributed by atoms with Crippen molar-refractivity contribution < 1.29 is 0 Å². The van der Waals surface area contributed by atoms with Gasteiger partial charge in [-0.1, -0.05) is 54.6 Å². The minimum atomic E-state index is 0.793. The van der Waals surface area contributed by atoms with E-state index >= 15 is 0 Å². The van der Waals surface area contributed by atoms with Crippen LogP contribution in [0, 0.1) is 6.92 Å². The van der Waals surface area contributed by atoms with Gasteiger partial charge in [0.2, 0.25) is 0 Å². The monoisotopic (exact) mass is 246 g/mol. The van der Waals surface area contributed by atoms with E-state index in [1.807, 2.05) is 31.5 Å². The van der Waals surface area contributed by atoms with E-state index in [-0.39, 0.29) is 0 Å². The first kappa shape index (κ1) is 11.6. The zero-order chi connectivity index (χ0) is 13.1. The van der Waals surface area contributed by atoms with Gasteiger partial charge in [0.15, 0.2) is 0 Å². The Morgan fingerprint density at radius 1 is 0.632 bits per heavy atom. The molecule has 19 heavy (non-hydrogen) atoms. The fourth-order valence-corrected chi connectivity index (χ4v) is 2.14. The van der Waals surface area contributed by atoms with Crippen LogP contribution in [-0.4, -0.2) is 9.97 Å². The third kappa shape index (κ3) is 2.38. The van der Waals surface area contributed by atoms with Gasteiger partial charge in [0, 0.05) is 18.0 Å². The van der Waals surface area contributed by atoms with Crippen molar-refractivity contribution in [3.8, 4) is 22.3 Å². The maximum absolute atomic E-state index is 4.28. The fourth-order valence-electron chi connectivity index (χ4n) is 2.14. The van der Waals surface area contributed by atoms with Crippen molar-refractivity contribution in [1.82, 2.24) is 9.97 Å². The number of aromatic nitrogens is 2. The van der Waals surface area contributed by atoms with Gasteiger partial charge in [-0.05, 0) is 23.6 Å². The fraction of sp³-hybridized carbons (Fsp3) is 0.0588. The SMILES string of the molecule is Cc1ncc(-c2ccccc2-c2ccccc2)cn1. The van der Waals surface area contributed by atoms with Crippen LogP contribution in [0.25, 0.3) is 22.3 Å². The lowest BCUT2D eigenvalue weighted by Crippen LogP contribution is -1.90. The van der Waals surface area contributed by atoms with Crippen molar-refractivity contribution in [2.75, 3.05) is 0 Å². The molecule has 0 aliphatic heterocycles. The Kier molecular flexibility index (Phi) is 3.07. The van der Waals surface area contributed by atoms with Gasteiger partial charge in [-0.25, -0.2) is 9.97 Å². The lowest BCUT2D eigenvalue weighted by molar-refractivity contribution is 1.06. The molecular weight excluding hydrogens is 232 g/mol. The van der Waals surface area contributed by atoms with E-state index in [4.69, 9.17) is 0 Å². The maximum Gasteiger partial charge on any atom is 0.125 e. The smallest absolute Gasteiger partial charge is 0.125 e. The van der Waals surface area contributed by atoms with Crippen LogP contribution in [0.2, 0.25) is 0 Å². The first-order chi connectivity index (χ1) is 9.34. The molecule has 0 unspecified atom stereocenters. The summed E-state index contributed by atoms with van der Waals surface area (Å²) in [6, 6.07) is 18.7. The summed E-state index contributed by atoms with van der Waals surface area (Å²) >= 11 is 0. The number of hydrogen-bond donors (Lipinski definition) is 0. The molecule has 0 fully saturated rings. The number of nitrogens with zero attached hydrogens (tertiary/aromatic N) is 2. The van der Waals surface area contributed by atoms with E-state index in [1.165, 1.54) is 11.1 Å². The minimum Gasteiger partial charge on any atom is -0.241 e. The largest absolute Gasteiger partial charge is 0.241 e. The molecule has 92 valence electrons. The Morgan fingerprint density at radius 3 is 1.79 bits per heavy atom. The Labute approximate surface area is 112 Å². The molecule has 0 N–H and O–H groups in total. The Balaban J connectivity index is 2.15. The maximum atomic E-state index is 4.28. The van der Waals surface area contributed by atoms with Crippen LogP contribution in [0.15, 0.2) is 67.0 Å². The van der Waals surface area contributed by atoms with Gasteiger partial charge in [-0.15, -0.1) is 0 Å². The zero-order valence-corrected chi connectivity index (χ0v) is 10.7. The lowest BCUT2D eigenvalue weighted by Gasteiger charge is -2.09. The zero-order valence-electron chi connectivity index (χ0n) is 10.7. The molecule has 0 bridgehead atoms. The summed E-state index contributed by atoms with van der Waals surface area (Å²) in [5.41, 5.74) is 4.62. The molecule has 3 aromatic rings. The molecule has 0 radical (unpaired) electrons. The normalized spacial score (nSPS) is 10.4. The van der Waals surface area contributed by atoms with Crippen molar-refractivity contribution >= 4 is 0 Å². The number of hydrogen-bond acceptors (Lipinski definition) is 2. The van der Waals surface area contributed by atoms with Crippen LogP contribution in [0.5, 0.6) is 0 Å². The molecule has 0 saturated carbocycles. The Hall–Kier alpha value is -2.48. The molecule has 0 saturated heterocycles. The molecule has 0 aliphatic carbocycles. The van der Waals surface area contributed by atoms with Gasteiger partial charge in [0.25, 0.3) is 0 Å². The summed E-state index contributed by atoms with van der Waals surface area (Å²) < 4.78 is 0. The first-order valence-corrected chi connectivity index (χ1v) is 6.28. The Morgan fingerprint density at radius 2 is 1.16 bits per heavy atom. The van der Waals surface area contributed by atoms with Crippen molar-refractivity contribution in [3.05, 3.63) is 72.8 Å². The third-order valence-corrected chi connectivity index (χ3v) is 3.10. The highest BCUT2D eigenvalue weighted by atomic mass is 14.8. The molecule has 0 aliphatic rings. The molecule has 2 aromatic carbocycles. The third-order valence-electron chi connectivity index (χ3n) is 3.10. The Bertz CT molecular complexity index is 673. The summed E-state index contributed by atoms with van der Waals surface area (Å²) in [5.74, 6) is 0.793. The van der Waals surface area contributed by atoms with Gasteiger partial charge in [0.05, 0.1) is 0 Å². The van der Waals surface area contributed by atoms with E-state index in [9.17, 15) is 0 Å². The van der Waals surface area contributed by atoms with Gasteiger partial charge < -0.3 is 0 Å². The highest BCUT2D eigenvalue weighted by Gasteiger charge is 2.06. The van der Waals surface area contributed by atoms with Crippen LogP contribution in [0.3, 0.4) is 0 Å². The van der Waals surface area contributed by atoms with Crippen molar-refractivity contribution in [2.24, 2.45) is 0 Å². The van der Waals surface area contributed by atoms with Crippen molar-refractivity contribution in [3.63, 3.8) is 0 Å². The van der Waals surface area contributed by atoms with Crippen molar-refractivity contribution in [2.45, 2.75) is 6.92 Å². The van der Waals surface area contributed by atoms with E-state index in [1.54, 1.807) is 0 Å². The quantitative estimate of drug-likeness (QED) is 0.679. The second-order valence-corrected chi connectivity index (χ2v) is 4.43. The topological polar surface area (TPSA) is 25.8 Å². The summed E-state index contributed by atoms with van der Waals surface area (Å²) in [5, 5.41) is 0. The van der Waals surface area contributed by atoms with E-state index in [0.717, 1.165) is 17.0 Å². The van der Waals surface area contributed by atoms with E-state index < -0.39 is 0 Å². The summed E-state index contributed by atoms with van der Waals surface area (Å²) in [6.45, 7) is 1.90. The van der Waals surface area contributed by atoms with Gasteiger partial charge in [-0.3, -0.25) is 0 Å². The summed E-state index contributed by atoms with van der Waals surface area (Å²) in [7, 11) is 0. The predicted octanol–water partition coefficient (Wildman–Crippen LogP) is 4.12. The molecular formula is C17H14N2. The van der Waals surface area contributed by atoms with Gasteiger partial charge in [0.1, 0.15) is 5.82 Å². The average Bonchev–Trinajstić information content (AvgIpc) is 2.49. The highest BCUT2D eigenvalue weighted by Crippen LogP contribution is 2.30. The number of aryl methyl sites for hydroxylation is 1. The van der Waals surface area contributed by atoms with Crippen LogP contribution < -0.4 is 0 Å². The highest BCUT2D eigenvalue weighted by molar-refractivity contribution is 5.82. The molecule has 0 atom stereocenters. The standard InChI is InChI=1S/C17H14N2/c1-13-18-11-15(12-19-13)17-10-6-5-9-16(17)14-7-3-2-4-8-14/h2-12H,1H3. The van der Waals surface area contributed by atoms with Crippen LogP contribution in [0.4, 0.5) is 0 Å². The molecule has 1 heterocycles. The molecule has 2 heteroatoms. The second-order valence-electron chi connectivity index (χ2n) is 4.43. The van der Waals surface area contributed by atoms with E-state index in [2.05, 4.69) is 52.4 Å². The molecule has 3 rings (SSSR count). The minimum absolute atomic E-state index is 0.793. The van der Waals surface area contributed by atoms with Crippen molar-refractivity contribution in [1.29, 1.82) is 0 Å². The number of rotatable bonds is 2. The number of benzene rings is 2. The molecule has 0 amide bonds.